The minimum atomic E-state index is -5.02. The number of aryl methyl sites for hydroxylation is 1. The normalized spacial score (nSPS) is 14.3. The first kappa shape index (κ1) is 54.3. The van der Waals surface area contributed by atoms with Crippen molar-refractivity contribution in [1.29, 1.82) is 0 Å². The van der Waals surface area contributed by atoms with Gasteiger partial charge in [-0.15, -0.1) is 0 Å². The Morgan fingerprint density at radius 2 is 1.36 bits per heavy atom. The number of hydrogen-bond donors (Lipinski definition) is 3. The molecule has 1 atom stereocenters. The summed E-state index contributed by atoms with van der Waals surface area (Å²) in [5.41, 5.74) is 17.7. The zero-order valence-corrected chi connectivity index (χ0v) is 43.1. The Bertz CT molecular complexity index is 2250. The summed E-state index contributed by atoms with van der Waals surface area (Å²) in [6, 6.07) is 10.2. The Morgan fingerprint density at radius 1 is 0.828 bits per heavy atom. The number of halogens is 9. The summed E-state index contributed by atoms with van der Waals surface area (Å²) in [6.07, 6.45) is -6.78. The zero-order chi connectivity index (χ0) is 48.4. The van der Waals surface area contributed by atoms with E-state index in [0.29, 0.717) is 63.3 Å². The van der Waals surface area contributed by atoms with Gasteiger partial charge in [-0.2, -0.15) is 26.3 Å². The Kier molecular flexibility index (Phi) is 19.9. The molecule has 2 amide bonds. The predicted octanol–water partition coefficient (Wildman–Crippen LogP) is 10.2. The van der Waals surface area contributed by atoms with E-state index >= 15 is 0 Å². The summed E-state index contributed by atoms with van der Waals surface area (Å²) in [4.78, 5) is 25.3. The molecule has 0 aromatic heterocycles. The van der Waals surface area contributed by atoms with Crippen LogP contribution in [0.1, 0.15) is 62.5 Å². The van der Waals surface area contributed by atoms with E-state index < -0.39 is 30.3 Å². The number of carbonyl (C=O) groups excluding carboxylic acids is 2. The van der Waals surface area contributed by atoms with E-state index in [0.717, 1.165) is 37.3 Å². The van der Waals surface area contributed by atoms with Gasteiger partial charge in [-0.05, 0) is 154 Å². The maximum atomic E-state index is 13.4. The molecule has 12 nitrogen and oxygen atoms in total. The van der Waals surface area contributed by atoms with Crippen molar-refractivity contribution in [1.82, 2.24) is 15.2 Å². The molecule has 1 unspecified atom stereocenters. The average molecular weight is 1240 g/mol. The number of rotatable bonds is 11. The third-order valence-corrected chi connectivity index (χ3v) is 12.6. The number of nitrogens with one attached hydrogen (secondary N) is 1. The summed E-state index contributed by atoms with van der Waals surface area (Å²) >= 11 is 6.27. The highest BCUT2D eigenvalue weighted by atomic mass is 127. The maximum absolute atomic E-state index is 13.4. The van der Waals surface area contributed by atoms with Crippen LogP contribution in [0.15, 0.2) is 69.1 Å². The first-order valence-electron chi connectivity index (χ1n) is 19.5. The molecule has 0 spiro atoms. The number of benzene rings is 3. The van der Waals surface area contributed by atoms with E-state index in [4.69, 9.17) is 30.4 Å². The fourth-order valence-corrected chi connectivity index (χ4v) is 9.19. The van der Waals surface area contributed by atoms with E-state index in [9.17, 15) is 35.9 Å². The van der Waals surface area contributed by atoms with Crippen LogP contribution < -0.4 is 40.7 Å². The summed E-state index contributed by atoms with van der Waals surface area (Å²) < 4.78 is 104. The van der Waals surface area contributed by atoms with Gasteiger partial charge in [-0.1, -0.05) is 19.9 Å². The van der Waals surface area contributed by atoms with Crippen molar-refractivity contribution >= 4 is 91.0 Å². The Balaban J connectivity index is 0.000000328. The average Bonchev–Trinajstić information content (AvgIpc) is 3.37. The van der Waals surface area contributed by atoms with E-state index in [1.54, 1.807) is 49.4 Å². The number of hydrazine groups is 1. The molecule has 0 saturated heterocycles. The molecular weight excluding hydrogens is 1190 g/mol. The molecule has 1 heterocycles. The van der Waals surface area contributed by atoms with Gasteiger partial charge in [0.25, 0.3) is 0 Å². The number of nitrogen functional groups attached to an aromatic ring is 1. The second-order valence-electron chi connectivity index (χ2n) is 13.8. The van der Waals surface area contributed by atoms with Crippen molar-refractivity contribution in [2.24, 2.45) is 5.73 Å². The molecular formula is C43H51F6I3N6O6. The Labute approximate surface area is 410 Å². The Hall–Kier alpha value is -4.01. The third kappa shape index (κ3) is 13.1. The SMILES string of the molecule is CC.CCN(C(=O)C(F)(F)F)C(NC1=CC(C)=C(N)C(I)=CC1)c1cc(OC)c(OC)cc1C.COc1cc2c(cc1OC)N(Cc1cc(I)c(N)c(I)c1)N(C(=O)C(F)(F)F)CC2. The van der Waals surface area contributed by atoms with Crippen molar-refractivity contribution in [2.45, 2.75) is 72.5 Å². The lowest BCUT2D eigenvalue weighted by Crippen LogP contribution is -2.54. The predicted molar refractivity (Wildman–Crippen MR) is 260 cm³/mol. The summed E-state index contributed by atoms with van der Waals surface area (Å²) in [5, 5.41) is 5.23. The van der Waals surface area contributed by atoms with Crippen molar-refractivity contribution in [3.63, 3.8) is 0 Å². The number of alkyl halides is 6. The fourth-order valence-electron chi connectivity index (χ4n) is 6.65. The van der Waals surface area contributed by atoms with Crippen LogP contribution in [0.5, 0.6) is 23.0 Å². The number of fused-ring (bicyclic) bond motifs is 1. The fraction of sp³-hybridized carbons (Fsp3) is 0.395. The Morgan fingerprint density at radius 3 is 1.88 bits per heavy atom. The first-order chi connectivity index (χ1) is 30.0. The van der Waals surface area contributed by atoms with Crippen molar-refractivity contribution in [3.8, 4) is 23.0 Å². The molecule has 21 heteroatoms. The lowest BCUT2D eigenvalue weighted by Gasteiger charge is -2.41. The lowest BCUT2D eigenvalue weighted by molar-refractivity contribution is -0.188. The van der Waals surface area contributed by atoms with Crippen LogP contribution in [0.2, 0.25) is 0 Å². The van der Waals surface area contributed by atoms with Crippen molar-refractivity contribution < 1.29 is 54.9 Å². The highest BCUT2D eigenvalue weighted by molar-refractivity contribution is 14.1. The van der Waals surface area contributed by atoms with E-state index in [1.807, 2.05) is 26.8 Å². The molecule has 0 radical (unpaired) electrons. The van der Waals surface area contributed by atoms with Gasteiger partial charge in [0.15, 0.2) is 23.0 Å². The van der Waals surface area contributed by atoms with Gasteiger partial charge >= 0.3 is 24.2 Å². The number of anilines is 2. The quantitative estimate of drug-likeness (QED) is 0.0735. The number of ether oxygens (including phenoxy) is 4. The summed E-state index contributed by atoms with van der Waals surface area (Å²) in [6.45, 7) is 8.85. The molecule has 352 valence electrons. The van der Waals surface area contributed by atoms with Gasteiger partial charge in [0.2, 0.25) is 0 Å². The number of amides is 2. The van der Waals surface area contributed by atoms with E-state index in [2.05, 4.69) is 73.1 Å². The van der Waals surface area contributed by atoms with Gasteiger partial charge < -0.3 is 40.6 Å². The van der Waals surface area contributed by atoms with Crippen LogP contribution in [0.25, 0.3) is 0 Å². The van der Waals surface area contributed by atoms with Gasteiger partial charge in [-0.3, -0.25) is 14.6 Å². The van der Waals surface area contributed by atoms with Crippen LogP contribution in [0.4, 0.5) is 37.7 Å². The van der Waals surface area contributed by atoms with E-state index in [-0.39, 0.29) is 26.1 Å². The molecule has 0 saturated carbocycles. The van der Waals surface area contributed by atoms with Gasteiger partial charge in [-0.25, -0.2) is 5.01 Å². The van der Waals surface area contributed by atoms with Crippen molar-refractivity contribution in [2.75, 3.05) is 52.3 Å². The summed E-state index contributed by atoms with van der Waals surface area (Å²) in [5.74, 6) is -2.22. The topological polar surface area (TPSA) is 145 Å². The smallest absolute Gasteiger partial charge is 0.473 e. The summed E-state index contributed by atoms with van der Waals surface area (Å²) in [7, 11) is 5.85. The number of allylic oxidation sites excluding steroid dienone is 4. The van der Waals surface area contributed by atoms with Crippen LogP contribution >= 0.6 is 67.8 Å². The standard InChI is InChI=1S/C22H27F3IN3O3.C19H18F3I2N3O3.C2H6/c1-6-29(21(30)22(23,24)25)20(15-11-18(32-5)17(31-4)10-12(15)2)28-14-7-8-16(26)19(27)13(3)9-14;1-29-15-7-11-3-4-26(18(28)19(20,21)22)27(14(11)8-16(15)30-2)9-10-5-12(23)17(25)13(24)6-10;1-2/h8-11,20,28H,6-7,27H2,1-5H3;5-8H,3-4,9,25H2,1-2H3;1-2H3. The highest BCUT2D eigenvalue weighted by Gasteiger charge is 2.47. The minimum absolute atomic E-state index is 0.0522. The van der Waals surface area contributed by atoms with Crippen LogP contribution in [-0.4, -0.2) is 75.6 Å². The molecule has 5 rings (SSSR count). The van der Waals surface area contributed by atoms with Gasteiger partial charge in [0, 0.05) is 53.3 Å². The van der Waals surface area contributed by atoms with Gasteiger partial charge in [0.1, 0.15) is 6.17 Å². The second-order valence-corrected chi connectivity index (χ2v) is 17.3. The number of carbonyl (C=O) groups is 2. The zero-order valence-electron chi connectivity index (χ0n) is 36.6. The monoisotopic (exact) mass is 1240 g/mol. The van der Waals surface area contributed by atoms with E-state index in [1.165, 1.54) is 40.4 Å². The molecule has 2 aliphatic rings. The number of nitrogens with zero attached hydrogens (tertiary/aromatic N) is 3. The molecule has 3 aromatic carbocycles. The molecule has 1 aliphatic carbocycles. The number of methoxy groups -OCH3 is 4. The van der Waals surface area contributed by atoms with Crippen LogP contribution in [0.3, 0.4) is 0 Å². The van der Waals surface area contributed by atoms with Crippen LogP contribution in [0, 0.1) is 14.1 Å². The number of hydrogen-bond acceptors (Lipinski definition) is 10. The third-order valence-electron chi connectivity index (χ3n) is 9.81. The minimum Gasteiger partial charge on any atom is -0.493 e. The van der Waals surface area contributed by atoms with Gasteiger partial charge in [0.05, 0.1) is 46.4 Å². The largest absolute Gasteiger partial charge is 0.493 e. The molecule has 0 fully saturated rings. The number of nitrogens with two attached hydrogens (primary N) is 2. The first-order valence-corrected chi connectivity index (χ1v) is 22.8. The molecule has 0 bridgehead atoms. The lowest BCUT2D eigenvalue weighted by atomic mass is 10.0. The molecule has 64 heavy (non-hydrogen) atoms. The van der Waals surface area contributed by atoms with Crippen LogP contribution in [-0.2, 0) is 22.6 Å². The maximum Gasteiger partial charge on any atom is 0.473 e. The molecule has 3 aromatic rings. The molecule has 1 aliphatic heterocycles. The highest BCUT2D eigenvalue weighted by Crippen LogP contribution is 2.41. The molecule has 5 N–H and O–H groups in total. The van der Waals surface area contributed by atoms with Crippen molar-refractivity contribution in [3.05, 3.63) is 98.5 Å². The second kappa shape index (κ2) is 23.4.